The maximum absolute atomic E-state index is 12.3. The zero-order valence-electron chi connectivity index (χ0n) is 15.5. The van der Waals surface area contributed by atoms with Crippen molar-refractivity contribution in [1.82, 2.24) is 24.8 Å². The molecule has 1 aromatic carbocycles. The zero-order chi connectivity index (χ0) is 19.6. The molecule has 1 N–H and O–H groups in total. The fraction of sp³-hybridized carbons (Fsp3) is 0.190. The molecule has 0 saturated carbocycles. The lowest BCUT2D eigenvalue weighted by molar-refractivity contribution is -0.124. The first kappa shape index (κ1) is 17.4. The molecule has 1 unspecified atom stereocenters. The molecular formula is C21H18N6O2. The predicted octanol–water partition coefficient (Wildman–Crippen LogP) is 2.97. The molecule has 0 radical (unpaired) electrons. The van der Waals surface area contributed by atoms with Gasteiger partial charge in [0.2, 0.25) is 0 Å². The Morgan fingerprint density at radius 2 is 1.97 bits per heavy atom. The number of benzene rings is 1. The molecule has 3 aromatic heterocycles. The van der Waals surface area contributed by atoms with E-state index in [4.69, 9.17) is 9.84 Å². The first-order valence-corrected chi connectivity index (χ1v) is 9.44. The molecule has 8 nitrogen and oxygen atoms in total. The van der Waals surface area contributed by atoms with E-state index in [0.717, 1.165) is 29.7 Å². The van der Waals surface area contributed by atoms with Crippen molar-refractivity contribution < 1.29 is 9.53 Å². The number of carbonyl (C=O) groups excluding carboxylic acids is 1. The third-order valence-corrected chi connectivity index (χ3v) is 4.85. The summed E-state index contributed by atoms with van der Waals surface area (Å²) in [7, 11) is 0. The number of fused-ring (bicyclic) bond motifs is 1. The Morgan fingerprint density at radius 3 is 2.79 bits per heavy atom. The highest BCUT2D eigenvalue weighted by molar-refractivity contribution is 5.94. The largest absolute Gasteiger partial charge is 0.368 e. The normalized spacial score (nSPS) is 16.2. The van der Waals surface area contributed by atoms with Crippen molar-refractivity contribution in [3.05, 3.63) is 60.9 Å². The molecular weight excluding hydrogens is 368 g/mol. The number of nitrogens with zero attached hydrogens (tertiary/aromatic N) is 5. The third-order valence-electron chi connectivity index (χ3n) is 4.85. The molecule has 8 heteroatoms. The van der Waals surface area contributed by atoms with Crippen LogP contribution in [0.1, 0.15) is 12.8 Å². The van der Waals surface area contributed by atoms with Gasteiger partial charge in [-0.15, -0.1) is 10.2 Å². The van der Waals surface area contributed by atoms with Crippen LogP contribution in [-0.4, -0.2) is 43.4 Å². The lowest BCUT2D eigenvalue weighted by Crippen LogP contribution is -2.26. The first-order chi connectivity index (χ1) is 14.3. The van der Waals surface area contributed by atoms with Crippen LogP contribution < -0.4 is 5.32 Å². The maximum Gasteiger partial charge on any atom is 0.253 e. The fourth-order valence-corrected chi connectivity index (χ4v) is 3.39. The lowest BCUT2D eigenvalue weighted by atomic mass is 10.1. The fourth-order valence-electron chi connectivity index (χ4n) is 3.39. The molecule has 5 rings (SSSR count). The van der Waals surface area contributed by atoms with Gasteiger partial charge in [0.05, 0.1) is 5.69 Å². The Morgan fingerprint density at radius 1 is 1.07 bits per heavy atom. The molecule has 4 heterocycles. The second-order valence-electron chi connectivity index (χ2n) is 6.82. The lowest BCUT2D eigenvalue weighted by Gasteiger charge is -2.11. The number of ether oxygens (including phenoxy) is 1. The maximum atomic E-state index is 12.3. The predicted molar refractivity (Wildman–Crippen MR) is 107 cm³/mol. The second-order valence-corrected chi connectivity index (χ2v) is 6.82. The number of pyridine rings is 1. The van der Waals surface area contributed by atoms with E-state index in [-0.39, 0.29) is 12.0 Å². The van der Waals surface area contributed by atoms with E-state index in [9.17, 15) is 4.79 Å². The topological polar surface area (TPSA) is 94.3 Å². The summed E-state index contributed by atoms with van der Waals surface area (Å²) in [5.41, 5.74) is 3.88. The van der Waals surface area contributed by atoms with E-state index in [2.05, 4.69) is 20.5 Å². The van der Waals surface area contributed by atoms with Gasteiger partial charge < -0.3 is 10.1 Å². The smallest absolute Gasteiger partial charge is 0.253 e. The van der Waals surface area contributed by atoms with Crippen LogP contribution in [0.15, 0.2) is 60.9 Å². The van der Waals surface area contributed by atoms with E-state index < -0.39 is 0 Å². The van der Waals surface area contributed by atoms with Gasteiger partial charge in [-0.2, -0.15) is 9.61 Å². The van der Waals surface area contributed by atoms with E-state index in [1.54, 1.807) is 16.9 Å². The summed E-state index contributed by atoms with van der Waals surface area (Å²) in [6, 6.07) is 15.1. The van der Waals surface area contributed by atoms with Crippen molar-refractivity contribution in [2.24, 2.45) is 0 Å². The average molecular weight is 386 g/mol. The van der Waals surface area contributed by atoms with E-state index in [0.29, 0.717) is 23.8 Å². The minimum Gasteiger partial charge on any atom is -0.368 e. The highest BCUT2D eigenvalue weighted by atomic mass is 16.5. The monoisotopic (exact) mass is 386 g/mol. The van der Waals surface area contributed by atoms with Crippen LogP contribution >= 0.6 is 0 Å². The molecule has 0 spiro atoms. The van der Waals surface area contributed by atoms with Gasteiger partial charge in [0.1, 0.15) is 6.10 Å². The van der Waals surface area contributed by atoms with Crippen molar-refractivity contribution >= 4 is 17.2 Å². The highest BCUT2D eigenvalue weighted by Gasteiger charge is 2.23. The van der Waals surface area contributed by atoms with Crippen LogP contribution in [0.3, 0.4) is 0 Å². The minimum atomic E-state index is -0.368. The zero-order valence-corrected chi connectivity index (χ0v) is 15.5. The average Bonchev–Trinajstić information content (AvgIpc) is 3.44. The number of amides is 1. The number of hydrogen-bond acceptors (Lipinski definition) is 6. The summed E-state index contributed by atoms with van der Waals surface area (Å²) in [6.07, 6.45) is 4.73. The number of hydrogen-bond donors (Lipinski definition) is 1. The number of carbonyl (C=O) groups is 1. The molecule has 144 valence electrons. The molecule has 29 heavy (non-hydrogen) atoms. The Kier molecular flexibility index (Phi) is 4.45. The van der Waals surface area contributed by atoms with Crippen molar-refractivity contribution in [2.45, 2.75) is 18.9 Å². The molecule has 1 amide bonds. The Balaban J connectivity index is 1.47. The third kappa shape index (κ3) is 3.45. The summed E-state index contributed by atoms with van der Waals surface area (Å²) in [5, 5.41) is 16.1. The van der Waals surface area contributed by atoms with Gasteiger partial charge >= 0.3 is 0 Å². The van der Waals surface area contributed by atoms with Crippen molar-refractivity contribution in [3.8, 4) is 22.6 Å². The summed E-state index contributed by atoms with van der Waals surface area (Å²) >= 11 is 0. The Hall–Kier alpha value is -3.65. The van der Waals surface area contributed by atoms with E-state index in [1.165, 1.54) is 0 Å². The van der Waals surface area contributed by atoms with E-state index in [1.807, 2.05) is 48.5 Å². The highest BCUT2D eigenvalue weighted by Crippen LogP contribution is 2.24. The minimum absolute atomic E-state index is 0.109. The molecule has 1 saturated heterocycles. The standard InChI is InChI=1S/C21H18N6O2/c28-21(18-5-2-12-29-18)23-16-4-1-3-15(13-16)17-6-7-19-24-25-20(27(19)26-17)14-8-10-22-11-9-14/h1,3-4,6-11,13,18H,2,5,12H2,(H,23,28). The molecule has 1 atom stereocenters. The molecule has 0 aliphatic carbocycles. The molecule has 1 aliphatic heterocycles. The van der Waals surface area contributed by atoms with Crippen LogP contribution in [0, 0.1) is 0 Å². The summed E-state index contributed by atoms with van der Waals surface area (Å²) in [6.45, 7) is 0.640. The Labute approximate surface area is 166 Å². The molecule has 1 aliphatic rings. The van der Waals surface area contributed by atoms with Crippen LogP contribution in [0.4, 0.5) is 5.69 Å². The van der Waals surface area contributed by atoms with Gasteiger partial charge in [0.15, 0.2) is 11.5 Å². The number of rotatable bonds is 4. The summed E-state index contributed by atoms with van der Waals surface area (Å²) in [4.78, 5) is 16.4. The van der Waals surface area contributed by atoms with Crippen molar-refractivity contribution in [1.29, 1.82) is 0 Å². The van der Waals surface area contributed by atoms with Gasteiger partial charge in [0.25, 0.3) is 5.91 Å². The SMILES string of the molecule is O=C(Nc1cccc(-c2ccc3nnc(-c4ccncc4)n3n2)c1)C1CCCO1. The van der Waals surface area contributed by atoms with Gasteiger partial charge in [-0.1, -0.05) is 12.1 Å². The number of aromatic nitrogens is 5. The van der Waals surface area contributed by atoms with Gasteiger partial charge in [0, 0.05) is 35.8 Å². The van der Waals surface area contributed by atoms with E-state index >= 15 is 0 Å². The number of nitrogens with one attached hydrogen (secondary N) is 1. The number of anilines is 1. The van der Waals surface area contributed by atoms with Gasteiger partial charge in [-0.05, 0) is 49.2 Å². The summed E-state index contributed by atoms with van der Waals surface area (Å²) < 4.78 is 7.16. The van der Waals surface area contributed by atoms with Crippen LogP contribution in [0.25, 0.3) is 28.3 Å². The van der Waals surface area contributed by atoms with Crippen molar-refractivity contribution in [2.75, 3.05) is 11.9 Å². The quantitative estimate of drug-likeness (QED) is 0.579. The van der Waals surface area contributed by atoms with Gasteiger partial charge in [-0.25, -0.2) is 0 Å². The van der Waals surface area contributed by atoms with Crippen molar-refractivity contribution in [3.63, 3.8) is 0 Å². The van der Waals surface area contributed by atoms with Crippen LogP contribution in [-0.2, 0) is 9.53 Å². The van der Waals surface area contributed by atoms with Crippen LogP contribution in [0.2, 0.25) is 0 Å². The first-order valence-electron chi connectivity index (χ1n) is 9.44. The molecule has 4 aromatic rings. The second kappa shape index (κ2) is 7.40. The van der Waals surface area contributed by atoms with Crippen LogP contribution in [0.5, 0.6) is 0 Å². The van der Waals surface area contributed by atoms with Gasteiger partial charge in [-0.3, -0.25) is 9.78 Å². The molecule has 1 fully saturated rings. The summed E-state index contributed by atoms with van der Waals surface area (Å²) in [5.74, 6) is 0.536. The molecule has 0 bridgehead atoms. The Bertz CT molecular complexity index is 1170.